The van der Waals surface area contributed by atoms with Crippen molar-refractivity contribution >= 4 is 11.6 Å². The lowest BCUT2D eigenvalue weighted by molar-refractivity contribution is 0.0939. The minimum Gasteiger partial charge on any atom is -0.396 e. The van der Waals surface area contributed by atoms with Gasteiger partial charge in [-0.25, -0.2) is 9.50 Å². The van der Waals surface area contributed by atoms with Crippen molar-refractivity contribution in [3.05, 3.63) is 29.7 Å². The van der Waals surface area contributed by atoms with Crippen molar-refractivity contribution in [2.24, 2.45) is 5.73 Å². The number of nitrogens with zero attached hydrogens (tertiary/aromatic N) is 3. The van der Waals surface area contributed by atoms with Crippen molar-refractivity contribution < 1.29 is 9.90 Å². The molecule has 21 heavy (non-hydrogen) atoms. The van der Waals surface area contributed by atoms with Crippen LogP contribution in [0.4, 0.5) is 0 Å². The summed E-state index contributed by atoms with van der Waals surface area (Å²) in [6.45, 7) is 0.0593. The summed E-state index contributed by atoms with van der Waals surface area (Å²) in [5.74, 6) is -0.161. The number of carbonyl (C=O) groups excluding carboxylic acids is 1. The van der Waals surface area contributed by atoms with Crippen LogP contribution < -0.4 is 11.1 Å². The molecule has 0 radical (unpaired) electrons. The van der Waals surface area contributed by atoms with Crippen LogP contribution in [-0.2, 0) is 6.42 Å². The number of nitrogens with one attached hydrogen (secondary N) is 1. The topological polar surface area (TPSA) is 106 Å². The molecule has 2 heterocycles. The van der Waals surface area contributed by atoms with Gasteiger partial charge in [-0.2, -0.15) is 5.10 Å². The summed E-state index contributed by atoms with van der Waals surface area (Å²) in [6, 6.07) is 0.314. The zero-order valence-corrected chi connectivity index (χ0v) is 11.7. The van der Waals surface area contributed by atoms with E-state index in [4.69, 9.17) is 10.8 Å². The third-order valence-electron chi connectivity index (χ3n) is 3.86. The van der Waals surface area contributed by atoms with Crippen molar-refractivity contribution in [3.63, 3.8) is 0 Å². The molecule has 2 aromatic rings. The van der Waals surface area contributed by atoms with E-state index < -0.39 is 0 Å². The molecule has 1 aliphatic carbocycles. The van der Waals surface area contributed by atoms with Crippen molar-refractivity contribution in [3.8, 4) is 0 Å². The van der Waals surface area contributed by atoms with E-state index in [0.717, 1.165) is 24.8 Å². The summed E-state index contributed by atoms with van der Waals surface area (Å²) in [5.41, 5.74) is 7.72. The van der Waals surface area contributed by atoms with Crippen LogP contribution in [0.2, 0.25) is 0 Å². The molecular weight excluding hydrogens is 270 g/mol. The standard InChI is InChI=1S/C14H19N5O2/c15-10-1-2-11(5-10)18-14(21)12-7-17-19-8-9(3-4-20)6-16-13(12)19/h6-8,10-11,20H,1-5,15H2,(H,18,21)/t10-,11-/m0/s1. The van der Waals surface area contributed by atoms with Gasteiger partial charge in [-0.05, 0) is 31.2 Å². The first-order valence-electron chi connectivity index (χ1n) is 7.17. The molecule has 1 aliphatic rings. The molecule has 2 atom stereocenters. The Labute approximate surface area is 122 Å². The normalized spacial score (nSPS) is 21.8. The second kappa shape index (κ2) is 5.79. The van der Waals surface area contributed by atoms with Crippen molar-refractivity contribution in [2.45, 2.75) is 37.8 Å². The van der Waals surface area contributed by atoms with E-state index in [2.05, 4.69) is 15.4 Å². The molecule has 0 bridgehead atoms. The number of hydrogen-bond donors (Lipinski definition) is 3. The quantitative estimate of drug-likeness (QED) is 0.727. The Morgan fingerprint density at radius 3 is 3.05 bits per heavy atom. The Morgan fingerprint density at radius 1 is 1.48 bits per heavy atom. The maximum Gasteiger partial charge on any atom is 0.256 e. The molecule has 0 spiro atoms. The van der Waals surface area contributed by atoms with Gasteiger partial charge in [-0.15, -0.1) is 0 Å². The number of aliphatic hydroxyl groups is 1. The highest BCUT2D eigenvalue weighted by molar-refractivity contribution is 5.99. The molecule has 7 heteroatoms. The van der Waals surface area contributed by atoms with Crippen LogP contribution >= 0.6 is 0 Å². The van der Waals surface area contributed by atoms with E-state index in [9.17, 15) is 4.79 Å². The molecule has 3 rings (SSSR count). The Kier molecular flexibility index (Phi) is 3.85. The first-order chi connectivity index (χ1) is 10.2. The molecular formula is C14H19N5O2. The van der Waals surface area contributed by atoms with Gasteiger partial charge in [0.15, 0.2) is 5.65 Å². The number of hydrogen-bond acceptors (Lipinski definition) is 5. The highest BCUT2D eigenvalue weighted by atomic mass is 16.3. The molecule has 0 saturated heterocycles. The van der Waals surface area contributed by atoms with E-state index in [-0.39, 0.29) is 24.6 Å². The Balaban J connectivity index is 1.78. The van der Waals surface area contributed by atoms with Crippen LogP contribution in [0.15, 0.2) is 18.6 Å². The predicted molar refractivity (Wildman–Crippen MR) is 76.9 cm³/mol. The van der Waals surface area contributed by atoms with E-state index >= 15 is 0 Å². The third kappa shape index (κ3) is 2.88. The predicted octanol–water partition coefficient (Wildman–Crippen LogP) is -0.126. The van der Waals surface area contributed by atoms with Crippen LogP contribution in [0.5, 0.6) is 0 Å². The second-order valence-corrected chi connectivity index (χ2v) is 5.51. The van der Waals surface area contributed by atoms with Gasteiger partial charge >= 0.3 is 0 Å². The van der Waals surface area contributed by atoms with Crippen molar-refractivity contribution in [1.82, 2.24) is 19.9 Å². The number of amides is 1. The Morgan fingerprint density at radius 2 is 2.33 bits per heavy atom. The molecule has 1 fully saturated rings. The van der Waals surface area contributed by atoms with Crippen molar-refractivity contribution in [2.75, 3.05) is 6.61 Å². The van der Waals surface area contributed by atoms with Gasteiger partial charge in [0.2, 0.25) is 0 Å². The number of carbonyl (C=O) groups is 1. The maximum atomic E-state index is 12.3. The smallest absolute Gasteiger partial charge is 0.256 e. The fourth-order valence-electron chi connectivity index (χ4n) is 2.74. The Hall–Kier alpha value is -1.99. The molecule has 2 aromatic heterocycles. The monoisotopic (exact) mass is 289 g/mol. The minimum absolute atomic E-state index is 0.0593. The average Bonchev–Trinajstić information content (AvgIpc) is 3.05. The zero-order chi connectivity index (χ0) is 14.8. The van der Waals surface area contributed by atoms with Crippen LogP contribution in [0.3, 0.4) is 0 Å². The summed E-state index contributed by atoms with van der Waals surface area (Å²) in [7, 11) is 0. The summed E-state index contributed by atoms with van der Waals surface area (Å²) in [5, 5.41) is 16.1. The number of fused-ring (bicyclic) bond motifs is 1. The molecule has 1 amide bonds. The molecule has 0 unspecified atom stereocenters. The average molecular weight is 289 g/mol. The van der Waals surface area contributed by atoms with Crippen LogP contribution in [0, 0.1) is 0 Å². The SMILES string of the molecule is N[C@H]1CC[C@H](NC(=O)c2cnn3cc(CCO)cnc23)C1. The number of aromatic nitrogens is 3. The lowest BCUT2D eigenvalue weighted by atomic mass is 10.2. The van der Waals surface area contributed by atoms with Gasteiger partial charge in [0.05, 0.1) is 6.20 Å². The number of nitrogens with two attached hydrogens (primary N) is 1. The lowest BCUT2D eigenvalue weighted by Gasteiger charge is -2.11. The zero-order valence-electron chi connectivity index (χ0n) is 11.7. The van der Waals surface area contributed by atoms with Crippen LogP contribution in [-0.4, -0.2) is 44.3 Å². The minimum atomic E-state index is -0.161. The van der Waals surface area contributed by atoms with Crippen molar-refractivity contribution in [1.29, 1.82) is 0 Å². The van der Waals surface area contributed by atoms with Gasteiger partial charge in [0, 0.05) is 31.1 Å². The molecule has 0 aromatic carbocycles. The van der Waals surface area contributed by atoms with Crippen LogP contribution in [0.25, 0.3) is 5.65 Å². The summed E-state index contributed by atoms with van der Waals surface area (Å²) < 4.78 is 1.57. The first kappa shape index (κ1) is 14.0. The van der Waals surface area contributed by atoms with Gasteiger partial charge in [0.1, 0.15) is 5.56 Å². The fraction of sp³-hybridized carbons (Fsp3) is 0.500. The summed E-state index contributed by atoms with van der Waals surface area (Å²) >= 11 is 0. The number of rotatable bonds is 4. The van der Waals surface area contributed by atoms with Gasteiger partial charge in [-0.3, -0.25) is 4.79 Å². The molecule has 7 nitrogen and oxygen atoms in total. The highest BCUT2D eigenvalue weighted by Crippen LogP contribution is 2.18. The van der Waals surface area contributed by atoms with E-state index in [1.54, 1.807) is 16.9 Å². The molecule has 0 aliphatic heterocycles. The van der Waals surface area contributed by atoms with E-state index in [0.29, 0.717) is 17.6 Å². The van der Waals surface area contributed by atoms with Gasteiger partial charge in [-0.1, -0.05) is 0 Å². The third-order valence-corrected chi connectivity index (χ3v) is 3.86. The molecule has 4 N–H and O–H groups in total. The van der Waals surface area contributed by atoms with Gasteiger partial charge < -0.3 is 16.2 Å². The maximum absolute atomic E-state index is 12.3. The van der Waals surface area contributed by atoms with E-state index in [1.807, 2.05) is 0 Å². The highest BCUT2D eigenvalue weighted by Gasteiger charge is 2.24. The lowest BCUT2D eigenvalue weighted by Crippen LogP contribution is -2.34. The summed E-state index contributed by atoms with van der Waals surface area (Å²) in [4.78, 5) is 16.6. The second-order valence-electron chi connectivity index (χ2n) is 5.51. The van der Waals surface area contributed by atoms with Gasteiger partial charge in [0.25, 0.3) is 5.91 Å². The van der Waals surface area contributed by atoms with Crippen LogP contribution in [0.1, 0.15) is 35.2 Å². The number of aliphatic hydroxyl groups excluding tert-OH is 1. The Bertz CT molecular complexity index is 654. The van der Waals surface area contributed by atoms with E-state index in [1.165, 1.54) is 6.20 Å². The fourth-order valence-corrected chi connectivity index (χ4v) is 2.74. The molecule has 112 valence electrons. The summed E-state index contributed by atoms with van der Waals surface area (Å²) in [6.07, 6.45) is 8.16. The molecule has 1 saturated carbocycles. The first-order valence-corrected chi connectivity index (χ1v) is 7.17. The largest absolute Gasteiger partial charge is 0.396 e.